The molecule has 0 aliphatic carbocycles. The molecule has 3 heteroatoms. The first-order valence-electron chi connectivity index (χ1n) is 2.97. The van der Waals surface area contributed by atoms with E-state index >= 15 is 0 Å². The molecule has 0 bridgehead atoms. The zero-order valence-electron chi connectivity index (χ0n) is 5.19. The predicted octanol–water partition coefficient (Wildman–Crippen LogP) is 1.38. The molecule has 0 N–H and O–H groups in total. The summed E-state index contributed by atoms with van der Waals surface area (Å²) < 4.78 is 0.759. The summed E-state index contributed by atoms with van der Waals surface area (Å²) in [6, 6.07) is 7.23. The summed E-state index contributed by atoms with van der Waals surface area (Å²) in [7, 11) is 0. The van der Waals surface area contributed by atoms with Crippen LogP contribution in [0.15, 0.2) is 30.6 Å². The third-order valence-electron chi connectivity index (χ3n) is 1.42. The smallest absolute Gasteiger partial charge is 0.0911 e. The van der Waals surface area contributed by atoms with Crippen molar-refractivity contribution in [2.45, 2.75) is 0 Å². The molecule has 0 unspecified atom stereocenters. The monoisotopic (exact) mass is 133 g/mol. The van der Waals surface area contributed by atoms with Crippen molar-refractivity contribution < 1.29 is 0 Å². The van der Waals surface area contributed by atoms with Crippen molar-refractivity contribution in [2.75, 3.05) is 0 Å². The van der Waals surface area contributed by atoms with E-state index in [1.54, 1.807) is 6.07 Å². The molecule has 0 amide bonds. The van der Waals surface area contributed by atoms with E-state index in [-0.39, 0.29) is 0 Å². The maximum atomic E-state index is 10.8. The van der Waals surface area contributed by atoms with Crippen molar-refractivity contribution in [3.63, 3.8) is 0 Å². The fourth-order valence-electron chi connectivity index (χ4n) is 0.937. The summed E-state index contributed by atoms with van der Waals surface area (Å²) >= 11 is 0. The molecular weight excluding hydrogens is 128 g/mol. The second-order valence-corrected chi connectivity index (χ2v) is 2.06. The summed E-state index contributed by atoms with van der Waals surface area (Å²) in [5.41, 5.74) is 1.38. The van der Waals surface area contributed by atoms with Crippen molar-refractivity contribution in [3.05, 3.63) is 35.8 Å². The second-order valence-electron chi connectivity index (χ2n) is 2.06. The molecule has 2 rings (SSSR count). The van der Waals surface area contributed by atoms with Crippen LogP contribution in [-0.4, -0.2) is 9.71 Å². The van der Waals surface area contributed by atoms with Gasteiger partial charge in [0.25, 0.3) is 0 Å². The van der Waals surface area contributed by atoms with Crippen LogP contribution in [0.2, 0.25) is 0 Å². The fourth-order valence-corrected chi connectivity index (χ4v) is 0.937. The van der Waals surface area contributed by atoms with Crippen LogP contribution >= 0.6 is 0 Å². The molecule has 0 aliphatic heterocycles. The number of nitrogens with zero attached hydrogens (tertiary/aromatic N) is 2. The summed E-state index contributed by atoms with van der Waals surface area (Å²) in [4.78, 5) is 3.87. The van der Waals surface area contributed by atoms with Crippen LogP contribution in [0.4, 0.5) is 0 Å². The van der Waals surface area contributed by atoms with Gasteiger partial charge in [-0.15, -0.1) is 0 Å². The lowest BCUT2D eigenvalue weighted by molar-refractivity contribution is 1.11. The highest BCUT2D eigenvalue weighted by Gasteiger charge is 1.91. The summed E-state index contributed by atoms with van der Waals surface area (Å²) in [6.07, 6.45) is 1.27. The molecule has 10 heavy (non-hydrogen) atoms. The largest absolute Gasteiger partial charge is 0.805 e. The van der Waals surface area contributed by atoms with Crippen molar-refractivity contribution in [1.29, 1.82) is 0 Å². The average Bonchev–Trinajstić information content (AvgIpc) is 2.34. The van der Waals surface area contributed by atoms with Gasteiger partial charge in [-0.3, -0.25) is 0 Å². The summed E-state index contributed by atoms with van der Waals surface area (Å²) in [6.45, 7) is 0. The van der Waals surface area contributed by atoms with E-state index < -0.39 is 0 Å². The molecule has 2 aromatic rings. The number of hydrogen-bond donors (Lipinski definition) is 0. The Balaban J connectivity index is 2.93. The van der Waals surface area contributed by atoms with Crippen LogP contribution in [0.1, 0.15) is 0 Å². The van der Waals surface area contributed by atoms with Gasteiger partial charge in [0.05, 0.1) is 17.4 Å². The molecular formula is C7H5N2O-. The highest BCUT2D eigenvalue weighted by molar-refractivity contribution is 5.75. The van der Waals surface area contributed by atoms with E-state index in [0.29, 0.717) is 5.52 Å². The normalized spacial score (nSPS) is 10.4. The molecule has 0 radical (unpaired) electrons. The molecule has 1 aromatic heterocycles. The highest BCUT2D eigenvalue weighted by atomic mass is 16.5. The second kappa shape index (κ2) is 1.73. The van der Waals surface area contributed by atoms with Crippen LogP contribution in [0, 0.1) is 5.21 Å². The van der Waals surface area contributed by atoms with Gasteiger partial charge < -0.3 is 9.94 Å². The minimum Gasteiger partial charge on any atom is -0.805 e. The number of aromatic nitrogens is 2. The van der Waals surface area contributed by atoms with E-state index in [2.05, 4.69) is 4.98 Å². The van der Waals surface area contributed by atoms with Crippen molar-refractivity contribution in [2.24, 2.45) is 0 Å². The zero-order chi connectivity index (χ0) is 6.97. The molecule has 1 heterocycles. The van der Waals surface area contributed by atoms with Gasteiger partial charge in [-0.25, -0.2) is 4.98 Å². The van der Waals surface area contributed by atoms with Crippen LogP contribution in [0.3, 0.4) is 0 Å². The van der Waals surface area contributed by atoms with Crippen molar-refractivity contribution in [1.82, 2.24) is 9.71 Å². The summed E-state index contributed by atoms with van der Waals surface area (Å²) in [5, 5.41) is 10.8. The third kappa shape index (κ3) is 0.572. The quantitative estimate of drug-likeness (QED) is 0.544. The summed E-state index contributed by atoms with van der Waals surface area (Å²) in [5.74, 6) is 0. The number of rotatable bonds is 0. The van der Waals surface area contributed by atoms with E-state index in [9.17, 15) is 5.21 Å². The Kier molecular flexibility index (Phi) is 0.917. The number of benzene rings is 1. The fraction of sp³-hybridized carbons (Fsp3) is 0. The van der Waals surface area contributed by atoms with Crippen molar-refractivity contribution >= 4 is 11.0 Å². The molecule has 0 spiro atoms. The zero-order valence-corrected chi connectivity index (χ0v) is 5.19. The molecule has 1 aromatic carbocycles. The number of fused-ring (bicyclic) bond motifs is 1. The highest BCUT2D eigenvalue weighted by Crippen LogP contribution is 2.09. The van der Waals surface area contributed by atoms with Gasteiger partial charge in [0.1, 0.15) is 0 Å². The van der Waals surface area contributed by atoms with Crippen LogP contribution in [-0.2, 0) is 0 Å². The minimum atomic E-state index is 0.627. The Bertz CT molecular complexity index is 353. The first-order valence-corrected chi connectivity index (χ1v) is 2.97. The maximum absolute atomic E-state index is 10.8. The minimum absolute atomic E-state index is 0.627. The maximum Gasteiger partial charge on any atom is 0.0911 e. The van der Waals surface area contributed by atoms with E-state index in [4.69, 9.17) is 0 Å². The SMILES string of the molecule is [O-]n1cnc2ccccc21. The topological polar surface area (TPSA) is 40.9 Å². The Morgan fingerprint density at radius 1 is 1.30 bits per heavy atom. The van der Waals surface area contributed by atoms with Crippen LogP contribution < -0.4 is 0 Å². The van der Waals surface area contributed by atoms with Gasteiger partial charge in [-0.1, -0.05) is 12.1 Å². The molecule has 0 fully saturated rings. The van der Waals surface area contributed by atoms with E-state index in [1.165, 1.54) is 6.33 Å². The van der Waals surface area contributed by atoms with E-state index in [0.717, 1.165) is 10.2 Å². The Labute approximate surface area is 57.5 Å². The van der Waals surface area contributed by atoms with Crippen LogP contribution in [0.25, 0.3) is 11.0 Å². The first-order chi connectivity index (χ1) is 4.88. The lowest BCUT2D eigenvalue weighted by Crippen LogP contribution is -1.78. The van der Waals surface area contributed by atoms with E-state index in [1.807, 2.05) is 18.2 Å². The number of hydrogen-bond acceptors (Lipinski definition) is 2. The van der Waals surface area contributed by atoms with Gasteiger partial charge in [0, 0.05) is 0 Å². The molecule has 0 saturated carbocycles. The average molecular weight is 133 g/mol. The Morgan fingerprint density at radius 3 is 2.90 bits per heavy atom. The lowest BCUT2D eigenvalue weighted by Gasteiger charge is -2.03. The molecule has 3 nitrogen and oxygen atoms in total. The van der Waals surface area contributed by atoms with Gasteiger partial charge in [0.15, 0.2) is 0 Å². The predicted molar refractivity (Wildman–Crippen MR) is 38.5 cm³/mol. The lowest BCUT2D eigenvalue weighted by atomic mass is 10.3. The number of imidazole rings is 1. The molecule has 50 valence electrons. The van der Waals surface area contributed by atoms with Gasteiger partial charge in [0.2, 0.25) is 0 Å². The van der Waals surface area contributed by atoms with Gasteiger partial charge in [-0.05, 0) is 12.1 Å². The first kappa shape index (κ1) is 5.29. The molecule has 0 aliphatic rings. The third-order valence-corrected chi connectivity index (χ3v) is 1.42. The number of para-hydroxylation sites is 2. The van der Waals surface area contributed by atoms with Crippen molar-refractivity contribution in [3.8, 4) is 0 Å². The van der Waals surface area contributed by atoms with Gasteiger partial charge >= 0.3 is 0 Å². The molecule has 0 saturated heterocycles. The standard InChI is InChI=1S/C7H5N2O/c10-9-5-8-6-3-1-2-4-7(6)9/h1-5H/q-1. The van der Waals surface area contributed by atoms with Crippen LogP contribution in [0.5, 0.6) is 0 Å². The Hall–Kier alpha value is -1.51. The van der Waals surface area contributed by atoms with Gasteiger partial charge in [-0.2, -0.15) is 0 Å². The molecule has 0 atom stereocenters. The Morgan fingerprint density at radius 2 is 2.10 bits per heavy atom.